The molecule has 1 N–H and O–H groups in total. The van der Waals surface area contributed by atoms with Gasteiger partial charge >= 0.3 is 11.8 Å². The molecular formula is C14H11FO3. The normalized spacial score (nSPS) is 13.6. The van der Waals surface area contributed by atoms with Crippen LogP contribution in [0.25, 0.3) is 0 Å². The molecule has 0 heterocycles. The second-order valence-electron chi connectivity index (χ2n) is 3.68. The molecule has 0 fully saturated rings. The Labute approximate surface area is 103 Å². The van der Waals surface area contributed by atoms with Crippen molar-refractivity contribution >= 4 is 5.97 Å². The first kappa shape index (κ1) is 12.1. The van der Waals surface area contributed by atoms with Gasteiger partial charge in [0, 0.05) is 5.56 Å². The van der Waals surface area contributed by atoms with Gasteiger partial charge in [-0.15, -0.1) is 0 Å². The fourth-order valence-electron chi connectivity index (χ4n) is 1.53. The van der Waals surface area contributed by atoms with Crippen LogP contribution in [0.1, 0.15) is 5.56 Å². The Morgan fingerprint density at radius 1 is 1.00 bits per heavy atom. The summed E-state index contributed by atoms with van der Waals surface area (Å²) < 4.78 is 19.5. The molecule has 0 saturated carbocycles. The molecule has 0 amide bonds. The lowest BCUT2D eigenvalue weighted by molar-refractivity contribution is -0.176. The molecule has 1 atom stereocenters. The number of hydrogen-bond acceptors (Lipinski definition) is 2. The van der Waals surface area contributed by atoms with Gasteiger partial charge in [-0.05, 0) is 12.1 Å². The Bertz CT molecular complexity index is 527. The minimum absolute atomic E-state index is 0.0543. The first-order valence-electron chi connectivity index (χ1n) is 5.35. The predicted octanol–water partition coefficient (Wildman–Crippen LogP) is 2.97. The Morgan fingerprint density at radius 2 is 1.50 bits per heavy atom. The van der Waals surface area contributed by atoms with Crippen molar-refractivity contribution in [2.24, 2.45) is 0 Å². The number of hydrogen-bond donors (Lipinski definition) is 1. The number of ether oxygens (including phenoxy) is 1. The van der Waals surface area contributed by atoms with E-state index in [0.717, 1.165) is 0 Å². The van der Waals surface area contributed by atoms with Gasteiger partial charge in [0.15, 0.2) is 0 Å². The van der Waals surface area contributed by atoms with E-state index >= 15 is 0 Å². The molecule has 2 aromatic carbocycles. The number of halogens is 1. The summed E-state index contributed by atoms with van der Waals surface area (Å²) in [6.07, 6.45) is 0. The summed E-state index contributed by atoms with van der Waals surface area (Å²) in [6, 6.07) is 15.5. The molecule has 2 aromatic rings. The number of para-hydroxylation sites is 1. The average Bonchev–Trinajstić information content (AvgIpc) is 2.40. The second-order valence-corrected chi connectivity index (χ2v) is 3.68. The zero-order valence-corrected chi connectivity index (χ0v) is 9.42. The van der Waals surface area contributed by atoms with Crippen molar-refractivity contribution in [3.05, 3.63) is 66.2 Å². The minimum atomic E-state index is -2.89. The highest BCUT2D eigenvalue weighted by Gasteiger charge is 2.43. The third kappa shape index (κ3) is 2.32. The molecule has 0 aromatic heterocycles. The van der Waals surface area contributed by atoms with Crippen LogP contribution < -0.4 is 4.74 Å². The zero-order valence-electron chi connectivity index (χ0n) is 9.42. The van der Waals surface area contributed by atoms with Gasteiger partial charge in [0.05, 0.1) is 0 Å². The lowest BCUT2D eigenvalue weighted by atomic mass is 10.1. The van der Waals surface area contributed by atoms with E-state index in [0.29, 0.717) is 0 Å². The van der Waals surface area contributed by atoms with Gasteiger partial charge in [-0.2, -0.15) is 4.39 Å². The number of carboxylic acids is 1. The summed E-state index contributed by atoms with van der Waals surface area (Å²) in [6.45, 7) is 0. The van der Waals surface area contributed by atoms with Crippen molar-refractivity contribution in [3.63, 3.8) is 0 Å². The summed E-state index contributed by atoms with van der Waals surface area (Å²) in [7, 11) is 0. The van der Waals surface area contributed by atoms with Crippen LogP contribution >= 0.6 is 0 Å². The van der Waals surface area contributed by atoms with Gasteiger partial charge in [0.1, 0.15) is 5.75 Å². The van der Waals surface area contributed by atoms with Crippen molar-refractivity contribution in [3.8, 4) is 5.75 Å². The van der Waals surface area contributed by atoms with Crippen molar-refractivity contribution in [1.82, 2.24) is 0 Å². The maximum atomic E-state index is 14.5. The summed E-state index contributed by atoms with van der Waals surface area (Å²) in [5, 5.41) is 9.05. The highest BCUT2D eigenvalue weighted by Crippen LogP contribution is 2.30. The average molecular weight is 246 g/mol. The molecule has 0 saturated heterocycles. The summed E-state index contributed by atoms with van der Waals surface area (Å²) >= 11 is 0. The Kier molecular flexibility index (Phi) is 3.28. The molecule has 1 unspecified atom stereocenters. The number of carboxylic acid groups (broad SMARTS) is 1. The number of rotatable bonds is 4. The van der Waals surface area contributed by atoms with Crippen LogP contribution in [-0.4, -0.2) is 11.1 Å². The van der Waals surface area contributed by atoms with Crippen LogP contribution in [0.5, 0.6) is 5.75 Å². The second kappa shape index (κ2) is 4.87. The van der Waals surface area contributed by atoms with Crippen molar-refractivity contribution in [1.29, 1.82) is 0 Å². The van der Waals surface area contributed by atoms with Crippen molar-refractivity contribution in [2.45, 2.75) is 5.85 Å². The summed E-state index contributed by atoms with van der Waals surface area (Å²) in [4.78, 5) is 11.1. The largest absolute Gasteiger partial charge is 0.476 e. The van der Waals surface area contributed by atoms with Crippen LogP contribution in [0.2, 0.25) is 0 Å². The van der Waals surface area contributed by atoms with E-state index < -0.39 is 11.8 Å². The highest BCUT2D eigenvalue weighted by atomic mass is 19.2. The Morgan fingerprint density at radius 3 is 2.00 bits per heavy atom. The number of aliphatic carboxylic acids is 1. The van der Waals surface area contributed by atoms with E-state index in [2.05, 4.69) is 0 Å². The zero-order chi connectivity index (χ0) is 13.0. The molecular weight excluding hydrogens is 235 g/mol. The third-order valence-electron chi connectivity index (χ3n) is 2.42. The Balaban J connectivity index is 2.37. The molecule has 0 aliphatic rings. The van der Waals surface area contributed by atoms with Crippen molar-refractivity contribution < 1.29 is 19.0 Å². The van der Waals surface area contributed by atoms with Crippen LogP contribution in [0.15, 0.2) is 60.7 Å². The first-order valence-corrected chi connectivity index (χ1v) is 5.35. The molecule has 18 heavy (non-hydrogen) atoms. The van der Waals surface area contributed by atoms with Gasteiger partial charge in [0.2, 0.25) is 0 Å². The minimum Gasteiger partial charge on any atom is -0.476 e. The van der Waals surface area contributed by atoms with E-state index in [9.17, 15) is 9.18 Å². The maximum absolute atomic E-state index is 14.5. The van der Waals surface area contributed by atoms with E-state index in [4.69, 9.17) is 9.84 Å². The van der Waals surface area contributed by atoms with Crippen molar-refractivity contribution in [2.75, 3.05) is 0 Å². The van der Waals surface area contributed by atoms with Crippen LogP contribution in [0.3, 0.4) is 0 Å². The summed E-state index contributed by atoms with van der Waals surface area (Å²) in [5.41, 5.74) is -0.0543. The lowest BCUT2D eigenvalue weighted by Crippen LogP contribution is -2.37. The standard InChI is InChI=1S/C14H11FO3/c15-14(13(16)17,11-7-3-1-4-8-11)18-12-9-5-2-6-10-12/h1-10H,(H,16,17). The van der Waals surface area contributed by atoms with Gasteiger partial charge in [-0.3, -0.25) is 0 Å². The predicted molar refractivity (Wildman–Crippen MR) is 63.9 cm³/mol. The third-order valence-corrected chi connectivity index (χ3v) is 2.42. The van der Waals surface area contributed by atoms with Gasteiger partial charge in [-0.25, -0.2) is 4.79 Å². The monoisotopic (exact) mass is 246 g/mol. The number of alkyl halides is 1. The van der Waals surface area contributed by atoms with E-state index in [1.807, 2.05) is 0 Å². The molecule has 2 rings (SSSR count). The quantitative estimate of drug-likeness (QED) is 0.902. The molecule has 3 nitrogen and oxygen atoms in total. The van der Waals surface area contributed by atoms with Crippen LogP contribution in [-0.2, 0) is 10.6 Å². The highest BCUT2D eigenvalue weighted by molar-refractivity contribution is 5.78. The number of carbonyl (C=O) groups is 1. The first-order chi connectivity index (χ1) is 8.63. The van der Waals surface area contributed by atoms with E-state index in [1.54, 1.807) is 36.4 Å². The molecule has 0 bridgehead atoms. The summed E-state index contributed by atoms with van der Waals surface area (Å²) in [5.74, 6) is -4.41. The fourth-order valence-corrected chi connectivity index (χ4v) is 1.53. The van der Waals surface area contributed by atoms with Gasteiger partial charge < -0.3 is 9.84 Å². The molecule has 0 aliphatic carbocycles. The van der Waals surface area contributed by atoms with Crippen LogP contribution in [0, 0.1) is 0 Å². The Hall–Kier alpha value is -2.36. The molecule has 92 valence electrons. The topological polar surface area (TPSA) is 46.5 Å². The SMILES string of the molecule is O=C(O)C(F)(Oc1ccccc1)c1ccccc1. The maximum Gasteiger partial charge on any atom is 0.387 e. The van der Waals surface area contributed by atoms with Gasteiger partial charge in [-0.1, -0.05) is 48.5 Å². The molecule has 0 aliphatic heterocycles. The van der Waals surface area contributed by atoms with Crippen LogP contribution in [0.4, 0.5) is 4.39 Å². The van der Waals surface area contributed by atoms with Gasteiger partial charge in [0.25, 0.3) is 0 Å². The molecule has 0 spiro atoms. The van der Waals surface area contributed by atoms with E-state index in [1.165, 1.54) is 24.3 Å². The smallest absolute Gasteiger partial charge is 0.387 e. The molecule has 4 heteroatoms. The molecule has 0 radical (unpaired) electrons. The fraction of sp³-hybridized carbons (Fsp3) is 0.0714. The number of benzene rings is 2. The van der Waals surface area contributed by atoms with E-state index in [-0.39, 0.29) is 11.3 Å². The lowest BCUT2D eigenvalue weighted by Gasteiger charge is -2.22.